The molecule has 0 saturated heterocycles. The van der Waals surface area contributed by atoms with Crippen LogP contribution in [0, 0.1) is 6.92 Å². The average Bonchev–Trinajstić information content (AvgIpc) is 2.98. The molecule has 2 rings (SSSR count). The Labute approximate surface area is 140 Å². The van der Waals surface area contributed by atoms with Crippen LogP contribution < -0.4 is 15.8 Å². The van der Waals surface area contributed by atoms with Gasteiger partial charge in [0, 0.05) is 18.5 Å². The van der Waals surface area contributed by atoms with Crippen LogP contribution in [0.2, 0.25) is 0 Å². The number of carbonyl (C=O) groups is 1. The van der Waals surface area contributed by atoms with E-state index in [0.717, 1.165) is 17.1 Å². The van der Waals surface area contributed by atoms with Crippen molar-refractivity contribution < 1.29 is 9.53 Å². The van der Waals surface area contributed by atoms with Crippen molar-refractivity contribution in [2.45, 2.75) is 13.5 Å². The van der Waals surface area contributed by atoms with Crippen LogP contribution in [-0.4, -0.2) is 43.0 Å². The molecule has 6 nitrogen and oxygen atoms in total. The second-order valence-electron chi connectivity index (χ2n) is 5.44. The van der Waals surface area contributed by atoms with Crippen LogP contribution in [0.15, 0.2) is 23.6 Å². The number of benzene rings is 1. The standard InChI is InChI=1S/C16H22N4O2S/c1-11-4-5-12(14(8-11)22-7-6-20(2)3)19-16(21)13-10-23-15(9-17)18-13/h4-5,8,10H,6-7,9,17H2,1-3H3,(H,19,21). The van der Waals surface area contributed by atoms with Gasteiger partial charge < -0.3 is 20.7 Å². The Balaban J connectivity index is 2.10. The summed E-state index contributed by atoms with van der Waals surface area (Å²) in [6.07, 6.45) is 0. The number of nitrogens with zero attached hydrogens (tertiary/aromatic N) is 2. The highest BCUT2D eigenvalue weighted by atomic mass is 32.1. The van der Waals surface area contributed by atoms with E-state index in [1.165, 1.54) is 11.3 Å². The molecule has 1 aromatic heterocycles. The fourth-order valence-electron chi connectivity index (χ4n) is 1.89. The summed E-state index contributed by atoms with van der Waals surface area (Å²) in [7, 11) is 3.97. The SMILES string of the molecule is Cc1ccc(NC(=O)c2csc(CN)n2)c(OCCN(C)C)c1. The van der Waals surface area contributed by atoms with E-state index in [1.807, 2.05) is 44.1 Å². The third-order valence-electron chi connectivity index (χ3n) is 3.14. The highest BCUT2D eigenvalue weighted by Gasteiger charge is 2.13. The maximum atomic E-state index is 12.3. The van der Waals surface area contributed by atoms with E-state index < -0.39 is 0 Å². The van der Waals surface area contributed by atoms with Crippen LogP contribution >= 0.6 is 11.3 Å². The molecule has 1 aromatic carbocycles. The minimum Gasteiger partial charge on any atom is -0.490 e. The molecule has 0 aliphatic heterocycles. The molecule has 124 valence electrons. The van der Waals surface area contributed by atoms with E-state index in [2.05, 4.69) is 10.3 Å². The first-order valence-electron chi connectivity index (χ1n) is 7.33. The molecule has 7 heteroatoms. The molecule has 0 unspecified atom stereocenters. The number of aromatic nitrogens is 1. The summed E-state index contributed by atoms with van der Waals surface area (Å²) in [6, 6.07) is 5.69. The lowest BCUT2D eigenvalue weighted by Gasteiger charge is -2.15. The van der Waals surface area contributed by atoms with Crippen LogP contribution in [0.1, 0.15) is 21.1 Å². The Hall–Kier alpha value is -1.96. The predicted octanol–water partition coefficient (Wildman–Crippen LogP) is 2.10. The zero-order valence-corrected chi connectivity index (χ0v) is 14.4. The van der Waals surface area contributed by atoms with Crippen molar-refractivity contribution in [3.63, 3.8) is 0 Å². The average molecular weight is 334 g/mol. The number of nitrogens with two attached hydrogens (primary N) is 1. The van der Waals surface area contributed by atoms with Crippen LogP contribution in [0.4, 0.5) is 5.69 Å². The van der Waals surface area contributed by atoms with Crippen molar-refractivity contribution in [3.8, 4) is 5.75 Å². The molecule has 1 heterocycles. The summed E-state index contributed by atoms with van der Waals surface area (Å²) in [5, 5.41) is 5.30. The second kappa shape index (κ2) is 8.05. The van der Waals surface area contributed by atoms with Crippen molar-refractivity contribution in [1.82, 2.24) is 9.88 Å². The van der Waals surface area contributed by atoms with Crippen molar-refractivity contribution in [2.75, 3.05) is 32.6 Å². The van der Waals surface area contributed by atoms with E-state index in [1.54, 1.807) is 5.38 Å². The van der Waals surface area contributed by atoms with Gasteiger partial charge in [-0.15, -0.1) is 11.3 Å². The normalized spacial score (nSPS) is 10.8. The lowest BCUT2D eigenvalue weighted by molar-refractivity contribution is 0.102. The molecule has 2 aromatic rings. The number of hydrogen-bond donors (Lipinski definition) is 2. The molecule has 23 heavy (non-hydrogen) atoms. The molecule has 0 bridgehead atoms. The largest absolute Gasteiger partial charge is 0.490 e. The molecule has 3 N–H and O–H groups in total. The summed E-state index contributed by atoms with van der Waals surface area (Å²) in [4.78, 5) is 18.5. The van der Waals surface area contributed by atoms with Crippen molar-refractivity contribution in [1.29, 1.82) is 0 Å². The Morgan fingerprint density at radius 1 is 1.43 bits per heavy atom. The minimum absolute atomic E-state index is 0.262. The molecular formula is C16H22N4O2S. The van der Waals surface area contributed by atoms with Gasteiger partial charge in [0.2, 0.25) is 0 Å². The summed E-state index contributed by atoms with van der Waals surface area (Å²) < 4.78 is 5.80. The molecule has 0 saturated carbocycles. The smallest absolute Gasteiger partial charge is 0.275 e. The van der Waals surface area contributed by atoms with Gasteiger partial charge in [0.05, 0.1) is 5.69 Å². The molecule has 0 aliphatic carbocycles. The van der Waals surface area contributed by atoms with Crippen LogP contribution in [0.25, 0.3) is 0 Å². The Bertz CT molecular complexity index is 670. The van der Waals surface area contributed by atoms with E-state index in [0.29, 0.717) is 30.3 Å². The van der Waals surface area contributed by atoms with Crippen molar-refractivity contribution in [2.24, 2.45) is 5.73 Å². The highest BCUT2D eigenvalue weighted by Crippen LogP contribution is 2.26. The van der Waals surface area contributed by atoms with Crippen molar-refractivity contribution >= 4 is 22.9 Å². The number of nitrogens with one attached hydrogen (secondary N) is 1. The van der Waals surface area contributed by atoms with Gasteiger partial charge in [0.25, 0.3) is 5.91 Å². The zero-order chi connectivity index (χ0) is 16.8. The van der Waals surface area contributed by atoms with Crippen LogP contribution in [-0.2, 0) is 6.54 Å². The predicted molar refractivity (Wildman–Crippen MR) is 93.2 cm³/mol. The topological polar surface area (TPSA) is 80.5 Å². The third-order valence-corrected chi connectivity index (χ3v) is 4.01. The highest BCUT2D eigenvalue weighted by molar-refractivity contribution is 7.09. The van der Waals surface area contributed by atoms with Gasteiger partial charge in [-0.3, -0.25) is 4.79 Å². The van der Waals surface area contributed by atoms with Gasteiger partial charge in [-0.25, -0.2) is 4.98 Å². The monoisotopic (exact) mass is 334 g/mol. The molecule has 0 atom stereocenters. The van der Waals surface area contributed by atoms with Crippen LogP contribution in [0.5, 0.6) is 5.75 Å². The third kappa shape index (κ3) is 5.02. The molecule has 1 amide bonds. The summed E-state index contributed by atoms with van der Waals surface area (Å²) in [6.45, 7) is 3.67. The number of thiazole rings is 1. The summed E-state index contributed by atoms with van der Waals surface area (Å²) in [5.41, 5.74) is 7.61. The van der Waals surface area contributed by atoms with E-state index in [9.17, 15) is 4.79 Å². The van der Waals surface area contributed by atoms with Crippen LogP contribution in [0.3, 0.4) is 0 Å². The first-order valence-corrected chi connectivity index (χ1v) is 8.21. The molecule has 0 fully saturated rings. The number of rotatable bonds is 7. The Morgan fingerprint density at radius 2 is 2.22 bits per heavy atom. The van der Waals surface area contributed by atoms with Gasteiger partial charge in [0.15, 0.2) is 0 Å². The quantitative estimate of drug-likeness (QED) is 0.810. The molecular weight excluding hydrogens is 312 g/mol. The summed E-state index contributed by atoms with van der Waals surface area (Å²) >= 11 is 1.38. The number of ether oxygens (including phenoxy) is 1. The Morgan fingerprint density at radius 3 is 2.87 bits per heavy atom. The van der Waals surface area contributed by atoms with Gasteiger partial charge in [0.1, 0.15) is 23.1 Å². The number of hydrogen-bond acceptors (Lipinski definition) is 6. The number of amides is 1. The van der Waals surface area contributed by atoms with Gasteiger partial charge in [-0.1, -0.05) is 6.07 Å². The first-order chi connectivity index (χ1) is 11.0. The zero-order valence-electron chi connectivity index (χ0n) is 13.6. The van der Waals surface area contributed by atoms with E-state index in [-0.39, 0.29) is 5.91 Å². The minimum atomic E-state index is -0.262. The number of likely N-dealkylation sites (N-methyl/N-ethyl adjacent to an activating group) is 1. The van der Waals surface area contributed by atoms with Gasteiger partial charge in [-0.2, -0.15) is 0 Å². The molecule has 0 spiro atoms. The first kappa shape index (κ1) is 17.4. The lowest BCUT2D eigenvalue weighted by Crippen LogP contribution is -2.20. The van der Waals surface area contributed by atoms with Gasteiger partial charge >= 0.3 is 0 Å². The van der Waals surface area contributed by atoms with Gasteiger partial charge in [-0.05, 0) is 38.7 Å². The maximum absolute atomic E-state index is 12.3. The molecule has 0 aliphatic rings. The summed E-state index contributed by atoms with van der Waals surface area (Å²) in [5.74, 6) is 0.400. The Kier molecular flexibility index (Phi) is 6.09. The lowest BCUT2D eigenvalue weighted by atomic mass is 10.2. The number of carbonyl (C=O) groups excluding carboxylic acids is 1. The fraction of sp³-hybridized carbons (Fsp3) is 0.375. The number of aryl methyl sites for hydroxylation is 1. The molecule has 0 radical (unpaired) electrons. The second-order valence-corrected chi connectivity index (χ2v) is 6.38. The van der Waals surface area contributed by atoms with E-state index in [4.69, 9.17) is 10.5 Å². The maximum Gasteiger partial charge on any atom is 0.275 e. The fourth-order valence-corrected chi connectivity index (χ4v) is 2.54. The van der Waals surface area contributed by atoms with Crippen molar-refractivity contribution in [3.05, 3.63) is 39.8 Å². The van der Waals surface area contributed by atoms with E-state index >= 15 is 0 Å². The number of anilines is 1.